The van der Waals surface area contributed by atoms with Crippen LogP contribution < -0.4 is 10.1 Å². The van der Waals surface area contributed by atoms with Gasteiger partial charge in [0.25, 0.3) is 0 Å². The van der Waals surface area contributed by atoms with Gasteiger partial charge in [0.05, 0.1) is 5.75 Å². The predicted octanol–water partition coefficient (Wildman–Crippen LogP) is 4.07. The highest BCUT2D eigenvalue weighted by Gasteiger charge is 2.27. The van der Waals surface area contributed by atoms with Crippen LogP contribution in [0.15, 0.2) is 78.9 Å². The lowest BCUT2D eigenvalue weighted by Gasteiger charge is -2.14. The maximum absolute atomic E-state index is 13.0. The first-order valence-corrected chi connectivity index (χ1v) is 12.0. The Labute approximate surface area is 188 Å². The highest BCUT2D eigenvalue weighted by Crippen LogP contribution is 2.18. The molecule has 0 radical (unpaired) electrons. The molecule has 0 spiro atoms. The summed E-state index contributed by atoms with van der Waals surface area (Å²) in [5.74, 6) is -0.473. The van der Waals surface area contributed by atoms with Crippen molar-refractivity contribution in [3.8, 4) is 5.75 Å². The van der Waals surface area contributed by atoms with Gasteiger partial charge in [-0.3, -0.25) is 4.79 Å². The SMILES string of the molecule is CC(C(=O)NCCc1ccccc1)S(=O)(=O)Cc1ccc(OCc2ccc(F)cc2)cc1. The van der Waals surface area contributed by atoms with Crippen LogP contribution in [-0.2, 0) is 33.4 Å². The molecule has 0 bridgehead atoms. The van der Waals surface area contributed by atoms with Crippen molar-refractivity contribution in [2.24, 2.45) is 0 Å². The summed E-state index contributed by atoms with van der Waals surface area (Å²) in [5.41, 5.74) is 2.47. The Kier molecular flexibility index (Phi) is 8.00. The van der Waals surface area contributed by atoms with Crippen LogP contribution in [0, 0.1) is 5.82 Å². The van der Waals surface area contributed by atoms with E-state index in [9.17, 15) is 17.6 Å². The molecular weight excluding hydrogens is 429 g/mol. The largest absolute Gasteiger partial charge is 0.489 e. The smallest absolute Gasteiger partial charge is 0.238 e. The summed E-state index contributed by atoms with van der Waals surface area (Å²) in [4.78, 5) is 12.3. The minimum atomic E-state index is -3.67. The summed E-state index contributed by atoms with van der Waals surface area (Å²) in [6, 6.07) is 22.4. The van der Waals surface area contributed by atoms with Crippen molar-refractivity contribution < 1.29 is 22.3 Å². The molecule has 0 saturated carbocycles. The van der Waals surface area contributed by atoms with E-state index in [1.54, 1.807) is 36.4 Å². The lowest BCUT2D eigenvalue weighted by molar-refractivity contribution is -0.120. The number of benzene rings is 3. The van der Waals surface area contributed by atoms with Crippen molar-refractivity contribution in [1.82, 2.24) is 5.32 Å². The molecular formula is C25H26FNO4S. The number of carbonyl (C=O) groups excluding carboxylic acids is 1. The molecule has 1 atom stereocenters. The minimum Gasteiger partial charge on any atom is -0.489 e. The Balaban J connectivity index is 1.49. The first-order chi connectivity index (χ1) is 15.3. The van der Waals surface area contributed by atoms with Crippen LogP contribution in [0.1, 0.15) is 23.6 Å². The molecule has 0 fully saturated rings. The van der Waals surface area contributed by atoms with Gasteiger partial charge in [-0.15, -0.1) is 0 Å². The molecule has 32 heavy (non-hydrogen) atoms. The first-order valence-electron chi connectivity index (χ1n) is 10.3. The highest BCUT2D eigenvalue weighted by molar-refractivity contribution is 7.92. The van der Waals surface area contributed by atoms with E-state index in [0.29, 0.717) is 24.3 Å². The van der Waals surface area contributed by atoms with Crippen molar-refractivity contribution in [2.45, 2.75) is 31.0 Å². The number of sulfone groups is 1. The second kappa shape index (κ2) is 10.9. The van der Waals surface area contributed by atoms with Crippen LogP contribution in [0.3, 0.4) is 0 Å². The highest BCUT2D eigenvalue weighted by atomic mass is 32.2. The van der Waals surface area contributed by atoms with E-state index in [1.165, 1.54) is 19.1 Å². The summed E-state index contributed by atoms with van der Waals surface area (Å²) in [6.07, 6.45) is 0.638. The standard InChI is InChI=1S/C25H26FNO4S/c1-19(25(28)27-16-15-20-5-3-2-4-6-20)32(29,30)18-22-9-13-24(14-10-22)31-17-21-7-11-23(26)12-8-21/h2-14,19H,15-18H2,1H3,(H,27,28). The van der Waals surface area contributed by atoms with Gasteiger partial charge in [-0.05, 0) is 54.3 Å². The van der Waals surface area contributed by atoms with E-state index >= 15 is 0 Å². The van der Waals surface area contributed by atoms with Crippen LogP contribution in [0.5, 0.6) is 5.75 Å². The van der Waals surface area contributed by atoms with E-state index < -0.39 is 21.0 Å². The van der Waals surface area contributed by atoms with Crippen molar-refractivity contribution in [3.63, 3.8) is 0 Å². The number of amides is 1. The lowest BCUT2D eigenvalue weighted by Crippen LogP contribution is -2.39. The Morgan fingerprint density at radius 1 is 0.906 bits per heavy atom. The fraction of sp³-hybridized carbons (Fsp3) is 0.240. The van der Waals surface area contributed by atoms with Crippen molar-refractivity contribution in [3.05, 3.63) is 101 Å². The number of nitrogens with one attached hydrogen (secondary N) is 1. The molecule has 7 heteroatoms. The van der Waals surface area contributed by atoms with E-state index in [2.05, 4.69) is 5.32 Å². The Morgan fingerprint density at radius 2 is 1.53 bits per heavy atom. The summed E-state index contributed by atoms with van der Waals surface area (Å²) < 4.78 is 44.0. The first kappa shape index (κ1) is 23.5. The van der Waals surface area contributed by atoms with Crippen LogP contribution in [-0.4, -0.2) is 26.1 Å². The van der Waals surface area contributed by atoms with E-state index in [4.69, 9.17) is 4.74 Å². The van der Waals surface area contributed by atoms with Crippen LogP contribution in [0.2, 0.25) is 0 Å². The minimum absolute atomic E-state index is 0.238. The molecule has 0 aliphatic heterocycles. The zero-order valence-electron chi connectivity index (χ0n) is 17.8. The molecule has 3 rings (SSSR count). The number of hydrogen-bond donors (Lipinski definition) is 1. The van der Waals surface area contributed by atoms with Crippen LogP contribution in [0.25, 0.3) is 0 Å². The normalized spacial score (nSPS) is 12.2. The van der Waals surface area contributed by atoms with E-state index in [-0.39, 0.29) is 18.2 Å². The molecule has 168 valence electrons. The molecule has 0 aliphatic rings. The Morgan fingerprint density at radius 3 is 2.19 bits per heavy atom. The maximum Gasteiger partial charge on any atom is 0.238 e. The van der Waals surface area contributed by atoms with Gasteiger partial charge in [0.15, 0.2) is 9.84 Å². The lowest BCUT2D eigenvalue weighted by atomic mass is 10.1. The third kappa shape index (κ3) is 6.92. The van der Waals surface area contributed by atoms with E-state index in [0.717, 1.165) is 11.1 Å². The quantitative estimate of drug-likeness (QED) is 0.500. The second-order valence-electron chi connectivity index (χ2n) is 7.54. The molecule has 1 unspecified atom stereocenters. The molecule has 0 aromatic heterocycles. The average Bonchev–Trinajstić information content (AvgIpc) is 2.79. The molecule has 3 aromatic rings. The molecule has 0 heterocycles. The Bertz CT molecular complexity index is 1110. The van der Waals surface area contributed by atoms with Gasteiger partial charge < -0.3 is 10.1 Å². The van der Waals surface area contributed by atoms with Crippen molar-refractivity contribution in [2.75, 3.05) is 6.54 Å². The van der Waals surface area contributed by atoms with Gasteiger partial charge in [0.1, 0.15) is 23.4 Å². The van der Waals surface area contributed by atoms with Gasteiger partial charge >= 0.3 is 0 Å². The molecule has 1 N–H and O–H groups in total. The predicted molar refractivity (Wildman–Crippen MR) is 122 cm³/mol. The number of hydrogen-bond acceptors (Lipinski definition) is 4. The second-order valence-corrected chi connectivity index (χ2v) is 9.86. The van der Waals surface area contributed by atoms with Crippen LogP contribution >= 0.6 is 0 Å². The molecule has 5 nitrogen and oxygen atoms in total. The van der Waals surface area contributed by atoms with Crippen LogP contribution in [0.4, 0.5) is 4.39 Å². The fourth-order valence-corrected chi connectivity index (χ4v) is 4.38. The number of rotatable bonds is 10. The van der Waals surface area contributed by atoms with Gasteiger partial charge in [0, 0.05) is 6.54 Å². The molecule has 1 amide bonds. The third-order valence-corrected chi connectivity index (χ3v) is 7.10. The maximum atomic E-state index is 13.0. The molecule has 0 aliphatic carbocycles. The van der Waals surface area contributed by atoms with Gasteiger partial charge in [0.2, 0.25) is 5.91 Å². The number of halogens is 1. The topological polar surface area (TPSA) is 72.5 Å². The summed E-state index contributed by atoms with van der Waals surface area (Å²) >= 11 is 0. The van der Waals surface area contributed by atoms with E-state index in [1.807, 2.05) is 30.3 Å². The average molecular weight is 456 g/mol. The zero-order valence-corrected chi connectivity index (χ0v) is 18.6. The molecule has 3 aromatic carbocycles. The van der Waals surface area contributed by atoms with Gasteiger partial charge in [-0.25, -0.2) is 12.8 Å². The van der Waals surface area contributed by atoms with Crippen molar-refractivity contribution >= 4 is 15.7 Å². The summed E-state index contributed by atoms with van der Waals surface area (Å²) in [6.45, 7) is 2.06. The zero-order chi connectivity index (χ0) is 23.0. The van der Waals surface area contributed by atoms with Crippen molar-refractivity contribution in [1.29, 1.82) is 0 Å². The van der Waals surface area contributed by atoms with Gasteiger partial charge in [-0.2, -0.15) is 0 Å². The fourth-order valence-electron chi connectivity index (χ4n) is 3.07. The monoisotopic (exact) mass is 455 g/mol. The Hall–Kier alpha value is -3.19. The third-order valence-electron chi connectivity index (χ3n) is 5.07. The summed E-state index contributed by atoms with van der Waals surface area (Å²) in [5, 5.41) is 1.56. The van der Waals surface area contributed by atoms with Gasteiger partial charge in [-0.1, -0.05) is 54.6 Å². The number of ether oxygens (including phenoxy) is 1. The number of carbonyl (C=O) groups is 1. The molecule has 0 saturated heterocycles. The summed E-state index contributed by atoms with van der Waals surface area (Å²) in [7, 11) is -3.67.